The third-order valence-corrected chi connectivity index (χ3v) is 4.21. The molecule has 1 aromatic carbocycles. The molecule has 2 unspecified atom stereocenters. The summed E-state index contributed by atoms with van der Waals surface area (Å²) >= 11 is 0. The smallest absolute Gasteiger partial charge is 0.325 e. The number of nitrogens with zero attached hydrogens (tertiary/aromatic N) is 1. The first-order valence-corrected chi connectivity index (χ1v) is 7.65. The number of nitrogens with one attached hydrogen (secondary N) is 2. The molecule has 0 aromatic heterocycles. The van der Waals surface area contributed by atoms with Crippen LogP contribution in [0.5, 0.6) is 0 Å². The van der Waals surface area contributed by atoms with Crippen molar-refractivity contribution in [3.63, 3.8) is 0 Å². The summed E-state index contributed by atoms with van der Waals surface area (Å²) in [6, 6.07) is 2.43. The maximum atomic E-state index is 12.8. The summed E-state index contributed by atoms with van der Waals surface area (Å²) < 4.78 is 0. The number of carboxylic acid groups (broad SMARTS) is 1. The van der Waals surface area contributed by atoms with E-state index in [1.807, 2.05) is 0 Å². The molecule has 1 aromatic rings. The van der Waals surface area contributed by atoms with Gasteiger partial charge in [0.15, 0.2) is 0 Å². The molecule has 2 heterocycles. The highest BCUT2D eigenvalue weighted by Crippen LogP contribution is 2.32. The molecule has 1 saturated heterocycles. The maximum absolute atomic E-state index is 12.8. The second kappa shape index (κ2) is 6.00. The van der Waals surface area contributed by atoms with Crippen LogP contribution in [0.3, 0.4) is 0 Å². The van der Waals surface area contributed by atoms with Crippen LogP contribution in [0.25, 0.3) is 0 Å². The third-order valence-electron chi connectivity index (χ3n) is 4.21. The molecule has 0 bridgehead atoms. The van der Waals surface area contributed by atoms with E-state index >= 15 is 0 Å². The quantitative estimate of drug-likeness (QED) is 0.653. The number of piperidine rings is 1. The fourth-order valence-corrected chi connectivity index (χ4v) is 2.93. The van der Waals surface area contributed by atoms with Gasteiger partial charge in [-0.25, -0.2) is 0 Å². The minimum atomic E-state index is -1.11. The minimum absolute atomic E-state index is 0.0327. The van der Waals surface area contributed by atoms with E-state index in [1.165, 1.54) is 25.1 Å². The van der Waals surface area contributed by atoms with E-state index in [4.69, 9.17) is 5.11 Å². The molecule has 9 nitrogen and oxygen atoms in total. The number of hydrogen-bond donors (Lipinski definition) is 3. The summed E-state index contributed by atoms with van der Waals surface area (Å²) in [6.45, 7) is 1.40. The predicted octanol–water partition coefficient (Wildman–Crippen LogP) is -0.0272. The van der Waals surface area contributed by atoms with Crippen molar-refractivity contribution in [1.29, 1.82) is 0 Å². The van der Waals surface area contributed by atoms with Gasteiger partial charge in [-0.3, -0.25) is 34.2 Å². The number of rotatable bonds is 4. The number of amides is 4. The Labute approximate surface area is 142 Å². The minimum Gasteiger partial charge on any atom is -0.480 e. The first-order valence-electron chi connectivity index (χ1n) is 7.65. The summed E-state index contributed by atoms with van der Waals surface area (Å²) in [5.41, 5.74) is 0.336. The van der Waals surface area contributed by atoms with E-state index in [-0.39, 0.29) is 29.7 Å². The van der Waals surface area contributed by atoms with Gasteiger partial charge >= 0.3 is 5.97 Å². The van der Waals surface area contributed by atoms with Gasteiger partial charge in [0, 0.05) is 12.1 Å². The zero-order chi connectivity index (χ0) is 18.3. The van der Waals surface area contributed by atoms with Crippen LogP contribution in [0.2, 0.25) is 0 Å². The van der Waals surface area contributed by atoms with E-state index in [2.05, 4.69) is 10.6 Å². The molecule has 9 heteroatoms. The van der Waals surface area contributed by atoms with Gasteiger partial charge in [-0.15, -0.1) is 0 Å². The summed E-state index contributed by atoms with van der Waals surface area (Å²) in [4.78, 5) is 60.5. The average Bonchev–Trinajstić information content (AvgIpc) is 2.80. The number of imide groups is 2. The lowest BCUT2D eigenvalue weighted by Crippen LogP contribution is -2.54. The molecular formula is C16H15N3O6. The van der Waals surface area contributed by atoms with E-state index in [1.54, 1.807) is 0 Å². The van der Waals surface area contributed by atoms with Crippen LogP contribution in [0, 0.1) is 0 Å². The molecule has 1 fully saturated rings. The third kappa shape index (κ3) is 2.73. The van der Waals surface area contributed by atoms with E-state index < -0.39 is 41.7 Å². The molecule has 2 aliphatic rings. The zero-order valence-corrected chi connectivity index (χ0v) is 13.2. The topological polar surface area (TPSA) is 133 Å². The van der Waals surface area contributed by atoms with Gasteiger partial charge in [0.25, 0.3) is 11.8 Å². The number of carbonyl (C=O) groups excluding carboxylic acids is 4. The van der Waals surface area contributed by atoms with Crippen molar-refractivity contribution in [2.75, 3.05) is 5.32 Å². The van der Waals surface area contributed by atoms with Crippen LogP contribution in [0.15, 0.2) is 18.2 Å². The van der Waals surface area contributed by atoms with Crippen molar-refractivity contribution >= 4 is 35.3 Å². The molecule has 0 radical (unpaired) electrons. The van der Waals surface area contributed by atoms with Crippen molar-refractivity contribution in [1.82, 2.24) is 10.2 Å². The first kappa shape index (κ1) is 16.6. The second-order valence-corrected chi connectivity index (χ2v) is 5.88. The molecular weight excluding hydrogens is 330 g/mol. The highest BCUT2D eigenvalue weighted by Gasteiger charge is 2.45. The van der Waals surface area contributed by atoms with Gasteiger partial charge in [-0.1, -0.05) is 6.07 Å². The second-order valence-electron chi connectivity index (χ2n) is 5.88. The molecule has 2 atom stereocenters. The fourth-order valence-electron chi connectivity index (χ4n) is 2.93. The Balaban J connectivity index is 1.95. The van der Waals surface area contributed by atoms with Crippen molar-refractivity contribution in [2.45, 2.75) is 31.8 Å². The van der Waals surface area contributed by atoms with E-state index in [0.29, 0.717) is 0 Å². The standard InChI is InChI=1S/C16H15N3O6/c1-7(16(24)25)17-9-4-2-3-8-12(9)15(23)19(14(8)22)10-5-6-11(20)18-13(10)21/h2-4,7,10,17H,5-6H2,1H3,(H,24,25)(H,18,20,21). The average molecular weight is 345 g/mol. The zero-order valence-electron chi connectivity index (χ0n) is 13.2. The number of aliphatic carboxylic acids is 1. The molecule has 4 amide bonds. The maximum Gasteiger partial charge on any atom is 0.325 e. The first-order chi connectivity index (χ1) is 11.8. The fraction of sp³-hybridized carbons (Fsp3) is 0.312. The van der Waals surface area contributed by atoms with E-state index in [0.717, 1.165) is 4.90 Å². The lowest BCUT2D eigenvalue weighted by molar-refractivity contribution is -0.138. The molecule has 0 spiro atoms. The lowest BCUT2D eigenvalue weighted by Gasteiger charge is -2.27. The monoisotopic (exact) mass is 345 g/mol. The van der Waals surface area contributed by atoms with Gasteiger partial charge in [-0.2, -0.15) is 0 Å². The summed E-state index contributed by atoms with van der Waals surface area (Å²) in [5, 5.41) is 13.8. The molecule has 3 rings (SSSR count). The van der Waals surface area contributed by atoms with Crippen molar-refractivity contribution < 1.29 is 29.1 Å². The van der Waals surface area contributed by atoms with Crippen molar-refractivity contribution in [3.8, 4) is 0 Å². The van der Waals surface area contributed by atoms with Gasteiger partial charge in [0.05, 0.1) is 11.1 Å². The predicted molar refractivity (Wildman–Crippen MR) is 83.8 cm³/mol. The van der Waals surface area contributed by atoms with Gasteiger partial charge in [0.2, 0.25) is 11.8 Å². The molecule has 3 N–H and O–H groups in total. The Morgan fingerprint density at radius 1 is 1.28 bits per heavy atom. The summed E-state index contributed by atoms with van der Waals surface area (Å²) in [6.07, 6.45) is 0.0927. The highest BCUT2D eigenvalue weighted by atomic mass is 16.4. The Morgan fingerprint density at radius 3 is 2.64 bits per heavy atom. The number of anilines is 1. The molecule has 0 aliphatic carbocycles. The van der Waals surface area contributed by atoms with Crippen LogP contribution in [0.4, 0.5) is 5.69 Å². The van der Waals surface area contributed by atoms with Crippen molar-refractivity contribution in [2.24, 2.45) is 0 Å². The summed E-state index contributed by atoms with van der Waals surface area (Å²) in [7, 11) is 0. The van der Waals surface area contributed by atoms with Crippen LogP contribution in [-0.2, 0) is 14.4 Å². The number of hydrogen-bond acceptors (Lipinski definition) is 6. The Morgan fingerprint density at radius 2 is 2.00 bits per heavy atom. The molecule has 0 saturated carbocycles. The molecule has 2 aliphatic heterocycles. The number of carboxylic acids is 1. The van der Waals surface area contributed by atoms with Gasteiger partial charge in [-0.05, 0) is 25.5 Å². The van der Waals surface area contributed by atoms with Crippen molar-refractivity contribution in [3.05, 3.63) is 29.3 Å². The Kier molecular flexibility index (Phi) is 3.99. The van der Waals surface area contributed by atoms with Crippen LogP contribution in [-0.4, -0.2) is 51.7 Å². The Hall–Kier alpha value is -3.23. The van der Waals surface area contributed by atoms with E-state index in [9.17, 15) is 24.0 Å². The van der Waals surface area contributed by atoms with Crippen LogP contribution >= 0.6 is 0 Å². The van der Waals surface area contributed by atoms with Crippen LogP contribution in [0.1, 0.15) is 40.5 Å². The normalized spacial score (nSPS) is 21.0. The number of carbonyl (C=O) groups is 5. The molecule has 25 heavy (non-hydrogen) atoms. The Bertz CT molecular complexity index is 818. The largest absolute Gasteiger partial charge is 0.480 e. The SMILES string of the molecule is CC(Nc1cccc2c1C(=O)N(C1CCC(=O)NC1=O)C2=O)C(=O)O. The number of benzene rings is 1. The lowest BCUT2D eigenvalue weighted by atomic mass is 10.0. The van der Waals surface area contributed by atoms with Gasteiger partial charge < -0.3 is 10.4 Å². The molecule has 130 valence electrons. The van der Waals surface area contributed by atoms with Crippen LogP contribution < -0.4 is 10.6 Å². The van der Waals surface area contributed by atoms with Gasteiger partial charge in [0.1, 0.15) is 12.1 Å². The number of fused-ring (bicyclic) bond motifs is 1. The summed E-state index contributed by atoms with van der Waals surface area (Å²) in [5.74, 6) is -3.58. The highest BCUT2D eigenvalue weighted by molar-refractivity contribution is 6.25.